The fraction of sp³-hybridized carbons (Fsp3) is 0.333. The van der Waals surface area contributed by atoms with Crippen LogP contribution in [0, 0.1) is 0 Å². The van der Waals surface area contributed by atoms with Gasteiger partial charge in [0.25, 0.3) is 0 Å². The summed E-state index contributed by atoms with van der Waals surface area (Å²) in [7, 11) is 1.37. The third kappa shape index (κ3) is 1.05. The molecule has 0 spiro atoms. The molecule has 0 aliphatic carbocycles. The van der Waals surface area contributed by atoms with Crippen molar-refractivity contribution in [2.24, 2.45) is 0 Å². The van der Waals surface area contributed by atoms with Gasteiger partial charge in [-0.25, -0.2) is 0 Å². The maximum absolute atomic E-state index is 5.24. The SMILES string of the molecule is CC(C)c1cccc2c1O[B]O2. The summed E-state index contributed by atoms with van der Waals surface area (Å²) >= 11 is 0. The molecule has 3 heteroatoms. The number of benzene rings is 1. The van der Waals surface area contributed by atoms with Crippen molar-refractivity contribution in [3.05, 3.63) is 23.8 Å². The second kappa shape index (κ2) is 2.74. The molecule has 12 heavy (non-hydrogen) atoms. The van der Waals surface area contributed by atoms with Crippen LogP contribution in [0.2, 0.25) is 0 Å². The molecule has 2 rings (SSSR count). The number of fused-ring (bicyclic) bond motifs is 1. The van der Waals surface area contributed by atoms with Crippen molar-refractivity contribution in [2.45, 2.75) is 19.8 Å². The molecule has 1 aliphatic heterocycles. The maximum Gasteiger partial charge on any atom is 0.658 e. The summed E-state index contributed by atoms with van der Waals surface area (Å²) in [6.07, 6.45) is 0. The van der Waals surface area contributed by atoms with E-state index in [9.17, 15) is 0 Å². The van der Waals surface area contributed by atoms with E-state index in [2.05, 4.69) is 19.9 Å². The first kappa shape index (κ1) is 7.53. The molecule has 0 saturated heterocycles. The van der Waals surface area contributed by atoms with E-state index < -0.39 is 0 Å². The lowest BCUT2D eigenvalue weighted by Crippen LogP contribution is -2.00. The summed E-state index contributed by atoms with van der Waals surface area (Å²) in [6.45, 7) is 4.27. The van der Waals surface area contributed by atoms with Gasteiger partial charge in [-0.1, -0.05) is 26.0 Å². The Kier molecular flexibility index (Phi) is 1.72. The molecule has 2 nitrogen and oxygen atoms in total. The average molecular weight is 161 g/mol. The van der Waals surface area contributed by atoms with E-state index in [4.69, 9.17) is 9.31 Å². The van der Waals surface area contributed by atoms with Gasteiger partial charge in [-0.3, -0.25) is 0 Å². The van der Waals surface area contributed by atoms with Gasteiger partial charge in [0, 0.05) is 0 Å². The summed E-state index contributed by atoms with van der Waals surface area (Å²) in [4.78, 5) is 0. The standard InChI is InChI=1S/C9H10BO2/c1-6(2)7-4-3-5-8-9(7)12-10-11-8/h3-6H,1-2H3. The zero-order chi connectivity index (χ0) is 8.55. The molecule has 1 aromatic carbocycles. The summed E-state index contributed by atoms with van der Waals surface area (Å²) < 4.78 is 10.4. The fourth-order valence-corrected chi connectivity index (χ4v) is 1.33. The van der Waals surface area contributed by atoms with Crippen LogP contribution in [0.3, 0.4) is 0 Å². The van der Waals surface area contributed by atoms with Crippen molar-refractivity contribution >= 4 is 7.69 Å². The zero-order valence-electron chi connectivity index (χ0n) is 7.20. The molecule has 0 atom stereocenters. The monoisotopic (exact) mass is 161 g/mol. The van der Waals surface area contributed by atoms with Crippen LogP contribution in [-0.2, 0) is 0 Å². The highest BCUT2D eigenvalue weighted by Gasteiger charge is 2.20. The first-order chi connectivity index (χ1) is 5.79. The molecule has 0 N–H and O–H groups in total. The van der Waals surface area contributed by atoms with E-state index in [0.29, 0.717) is 5.92 Å². The third-order valence-electron chi connectivity index (χ3n) is 1.97. The van der Waals surface area contributed by atoms with Gasteiger partial charge in [-0.15, -0.1) is 0 Å². The van der Waals surface area contributed by atoms with Gasteiger partial charge in [0.2, 0.25) is 0 Å². The van der Waals surface area contributed by atoms with Crippen LogP contribution in [0.4, 0.5) is 0 Å². The average Bonchev–Trinajstić information content (AvgIpc) is 2.49. The van der Waals surface area contributed by atoms with Gasteiger partial charge < -0.3 is 9.31 Å². The Bertz CT molecular complexity index is 297. The van der Waals surface area contributed by atoms with Crippen molar-refractivity contribution < 1.29 is 9.31 Å². The van der Waals surface area contributed by atoms with Crippen molar-refractivity contribution in [1.82, 2.24) is 0 Å². The maximum atomic E-state index is 5.24. The Morgan fingerprint density at radius 1 is 1.25 bits per heavy atom. The fourth-order valence-electron chi connectivity index (χ4n) is 1.33. The quantitative estimate of drug-likeness (QED) is 0.587. The molecule has 0 aromatic heterocycles. The van der Waals surface area contributed by atoms with Gasteiger partial charge in [-0.05, 0) is 17.5 Å². The molecule has 1 aliphatic rings. The van der Waals surface area contributed by atoms with Crippen LogP contribution in [0.25, 0.3) is 0 Å². The van der Waals surface area contributed by atoms with Crippen molar-refractivity contribution in [1.29, 1.82) is 0 Å². The minimum Gasteiger partial charge on any atom is -0.524 e. The Balaban J connectivity index is 2.49. The molecule has 0 unspecified atom stereocenters. The van der Waals surface area contributed by atoms with Gasteiger partial charge in [0.1, 0.15) is 11.5 Å². The van der Waals surface area contributed by atoms with E-state index in [1.165, 1.54) is 13.2 Å². The van der Waals surface area contributed by atoms with Crippen LogP contribution < -0.4 is 9.31 Å². The van der Waals surface area contributed by atoms with Gasteiger partial charge in [0.15, 0.2) is 0 Å². The van der Waals surface area contributed by atoms with Gasteiger partial charge >= 0.3 is 7.69 Å². The van der Waals surface area contributed by atoms with Crippen molar-refractivity contribution in [3.8, 4) is 11.5 Å². The molecule has 0 saturated carbocycles. The number of hydrogen-bond donors (Lipinski definition) is 0. The molecule has 0 fully saturated rings. The van der Waals surface area contributed by atoms with E-state index in [0.717, 1.165) is 11.5 Å². The lowest BCUT2D eigenvalue weighted by molar-refractivity contribution is 0.537. The van der Waals surface area contributed by atoms with E-state index in [1.54, 1.807) is 0 Å². The highest BCUT2D eigenvalue weighted by atomic mass is 16.6. The van der Waals surface area contributed by atoms with Crippen LogP contribution in [0.5, 0.6) is 11.5 Å². The molecule has 0 amide bonds. The largest absolute Gasteiger partial charge is 0.658 e. The van der Waals surface area contributed by atoms with Crippen molar-refractivity contribution in [2.75, 3.05) is 0 Å². The predicted octanol–water partition coefficient (Wildman–Crippen LogP) is 2.12. The second-order valence-electron chi connectivity index (χ2n) is 3.16. The van der Waals surface area contributed by atoms with Crippen LogP contribution >= 0.6 is 0 Å². The summed E-state index contributed by atoms with van der Waals surface area (Å²) in [5, 5.41) is 0. The molecular formula is C9H10BO2. The molecule has 1 aromatic rings. The zero-order valence-corrected chi connectivity index (χ0v) is 7.20. The Labute approximate surface area is 72.8 Å². The van der Waals surface area contributed by atoms with E-state index in [-0.39, 0.29) is 0 Å². The highest BCUT2D eigenvalue weighted by Crippen LogP contribution is 2.37. The Morgan fingerprint density at radius 2 is 2.08 bits per heavy atom. The summed E-state index contributed by atoms with van der Waals surface area (Å²) in [5.41, 5.74) is 1.20. The second-order valence-corrected chi connectivity index (χ2v) is 3.16. The minimum atomic E-state index is 0.468. The highest BCUT2D eigenvalue weighted by molar-refractivity contribution is 6.23. The normalized spacial score (nSPS) is 13.2. The number of hydrogen-bond acceptors (Lipinski definition) is 2. The smallest absolute Gasteiger partial charge is 0.524 e. The molecule has 1 radical (unpaired) electrons. The van der Waals surface area contributed by atoms with E-state index >= 15 is 0 Å². The number of rotatable bonds is 1. The predicted molar refractivity (Wildman–Crippen MR) is 47.5 cm³/mol. The summed E-state index contributed by atoms with van der Waals surface area (Å²) in [5.74, 6) is 2.16. The van der Waals surface area contributed by atoms with E-state index in [1.807, 2.05) is 12.1 Å². The lowest BCUT2D eigenvalue weighted by atomic mass is 10.0. The minimum absolute atomic E-state index is 0.468. The van der Waals surface area contributed by atoms with Gasteiger partial charge in [0.05, 0.1) is 0 Å². The van der Waals surface area contributed by atoms with Gasteiger partial charge in [-0.2, -0.15) is 0 Å². The first-order valence-electron chi connectivity index (χ1n) is 4.07. The first-order valence-corrected chi connectivity index (χ1v) is 4.07. The van der Waals surface area contributed by atoms with Crippen molar-refractivity contribution in [3.63, 3.8) is 0 Å². The molecule has 61 valence electrons. The van der Waals surface area contributed by atoms with Crippen LogP contribution in [0.1, 0.15) is 25.3 Å². The molecule has 0 bridgehead atoms. The summed E-state index contributed by atoms with van der Waals surface area (Å²) in [6, 6.07) is 5.95. The number of para-hydroxylation sites is 1. The third-order valence-corrected chi connectivity index (χ3v) is 1.97. The Morgan fingerprint density at radius 3 is 2.83 bits per heavy atom. The topological polar surface area (TPSA) is 18.5 Å². The molecule has 1 heterocycles. The lowest BCUT2D eigenvalue weighted by Gasteiger charge is -2.08. The van der Waals surface area contributed by atoms with Crippen LogP contribution in [-0.4, -0.2) is 7.69 Å². The molecular weight excluding hydrogens is 151 g/mol. The Hall–Kier alpha value is -1.12. The van der Waals surface area contributed by atoms with Crippen LogP contribution in [0.15, 0.2) is 18.2 Å².